The predicted molar refractivity (Wildman–Crippen MR) is 95.2 cm³/mol. The molecule has 2 rings (SSSR count). The highest BCUT2D eigenvalue weighted by atomic mass is 16.5. The summed E-state index contributed by atoms with van der Waals surface area (Å²) in [5, 5.41) is 0. The largest absolute Gasteiger partial charge is 0.380 e. The molecule has 120 valence electrons. The zero-order chi connectivity index (χ0) is 16.1. The topological polar surface area (TPSA) is 12.5 Å². The van der Waals surface area contributed by atoms with Crippen LogP contribution in [0.4, 0.5) is 5.69 Å². The van der Waals surface area contributed by atoms with Crippen LogP contribution in [0.25, 0.3) is 0 Å². The van der Waals surface area contributed by atoms with E-state index in [0.717, 1.165) is 19.4 Å². The van der Waals surface area contributed by atoms with Crippen LogP contribution in [0, 0.1) is 12.8 Å². The van der Waals surface area contributed by atoms with E-state index in [4.69, 9.17) is 4.74 Å². The van der Waals surface area contributed by atoms with Crippen molar-refractivity contribution in [1.82, 2.24) is 0 Å². The van der Waals surface area contributed by atoms with Crippen LogP contribution in [0.2, 0.25) is 0 Å². The summed E-state index contributed by atoms with van der Waals surface area (Å²) >= 11 is 0. The van der Waals surface area contributed by atoms with Crippen LogP contribution in [0.15, 0.2) is 47.7 Å². The summed E-state index contributed by atoms with van der Waals surface area (Å²) in [5.41, 5.74) is 5.23. The summed E-state index contributed by atoms with van der Waals surface area (Å²) in [6.07, 6.45) is 7.13. The Labute approximate surface area is 135 Å². The summed E-state index contributed by atoms with van der Waals surface area (Å²) in [6, 6.07) is 8.79. The van der Waals surface area contributed by atoms with E-state index in [1.807, 2.05) is 7.11 Å². The monoisotopic (exact) mass is 299 g/mol. The van der Waals surface area contributed by atoms with Gasteiger partial charge < -0.3 is 9.64 Å². The first-order valence-corrected chi connectivity index (χ1v) is 8.31. The highest BCUT2D eigenvalue weighted by molar-refractivity contribution is 5.58. The fraction of sp³-hybridized carbons (Fsp3) is 0.500. The summed E-state index contributed by atoms with van der Waals surface area (Å²) in [6.45, 7) is 9.70. The van der Waals surface area contributed by atoms with Crippen LogP contribution in [-0.4, -0.2) is 19.8 Å². The van der Waals surface area contributed by atoms with Crippen molar-refractivity contribution in [3.8, 4) is 0 Å². The van der Waals surface area contributed by atoms with Crippen LogP contribution in [0.5, 0.6) is 0 Å². The highest BCUT2D eigenvalue weighted by Gasteiger charge is 2.20. The van der Waals surface area contributed by atoms with Gasteiger partial charge in [0.15, 0.2) is 0 Å². The lowest BCUT2D eigenvalue weighted by Gasteiger charge is -2.33. The average Bonchev–Trinajstić information content (AvgIpc) is 2.51. The van der Waals surface area contributed by atoms with Crippen molar-refractivity contribution in [2.75, 3.05) is 18.6 Å². The average molecular weight is 299 g/mol. The maximum Gasteiger partial charge on any atom is 0.0747 e. The number of hydrogen-bond acceptors (Lipinski definition) is 2. The van der Waals surface area contributed by atoms with Crippen molar-refractivity contribution >= 4 is 5.69 Å². The first-order chi connectivity index (χ1) is 10.5. The first kappa shape index (κ1) is 16.8. The van der Waals surface area contributed by atoms with E-state index in [1.165, 1.54) is 22.5 Å². The van der Waals surface area contributed by atoms with Gasteiger partial charge >= 0.3 is 0 Å². The van der Waals surface area contributed by atoms with Gasteiger partial charge in [-0.25, -0.2) is 0 Å². The Bertz CT molecular complexity index is 537. The van der Waals surface area contributed by atoms with Gasteiger partial charge in [0.2, 0.25) is 0 Å². The minimum atomic E-state index is 0.245. The first-order valence-electron chi connectivity index (χ1n) is 8.31. The lowest BCUT2D eigenvalue weighted by atomic mass is 9.95. The number of nitrogens with zero attached hydrogens (tertiary/aromatic N) is 1. The molecule has 0 aliphatic heterocycles. The second-order valence-electron chi connectivity index (χ2n) is 6.36. The number of rotatable bonds is 6. The van der Waals surface area contributed by atoms with Crippen LogP contribution >= 0.6 is 0 Å². The smallest absolute Gasteiger partial charge is 0.0747 e. The summed E-state index contributed by atoms with van der Waals surface area (Å²) < 4.78 is 5.63. The third-order valence-electron chi connectivity index (χ3n) is 4.43. The van der Waals surface area contributed by atoms with Crippen LogP contribution < -0.4 is 4.90 Å². The van der Waals surface area contributed by atoms with E-state index < -0.39 is 0 Å². The number of anilines is 1. The van der Waals surface area contributed by atoms with Crippen molar-refractivity contribution < 1.29 is 4.74 Å². The molecule has 0 saturated heterocycles. The molecule has 2 atom stereocenters. The standard InChI is InChI=1S/C20H29NO/c1-6-19(22-5)14-21(18-10-7-15(2)8-11-18)20-12-9-16(3)13-17(20)4/h7-8,10-13,16,19H,6,9,14H2,1-5H3. The van der Waals surface area contributed by atoms with Crippen LogP contribution in [-0.2, 0) is 4.74 Å². The van der Waals surface area contributed by atoms with Crippen LogP contribution in [0.1, 0.15) is 39.2 Å². The summed E-state index contributed by atoms with van der Waals surface area (Å²) in [4.78, 5) is 2.41. The van der Waals surface area contributed by atoms with Crippen molar-refractivity contribution in [3.63, 3.8) is 0 Å². The number of aryl methyl sites for hydroxylation is 1. The Hall–Kier alpha value is -1.54. The maximum absolute atomic E-state index is 5.63. The molecule has 0 radical (unpaired) electrons. The van der Waals surface area contributed by atoms with E-state index >= 15 is 0 Å². The molecule has 2 heteroatoms. The van der Waals surface area contributed by atoms with E-state index in [-0.39, 0.29) is 6.10 Å². The Kier molecular flexibility index (Phi) is 5.84. The molecule has 1 aliphatic carbocycles. The molecule has 1 aromatic carbocycles. The normalized spacial score (nSPS) is 19.4. The second kappa shape index (κ2) is 7.64. The van der Waals surface area contributed by atoms with Gasteiger partial charge in [-0.3, -0.25) is 0 Å². The zero-order valence-electron chi connectivity index (χ0n) is 14.6. The van der Waals surface area contributed by atoms with Gasteiger partial charge in [-0.2, -0.15) is 0 Å². The molecule has 0 fully saturated rings. The number of ether oxygens (including phenoxy) is 1. The molecular formula is C20H29NO. The molecule has 0 N–H and O–H groups in total. The van der Waals surface area contributed by atoms with Gasteiger partial charge in [0.25, 0.3) is 0 Å². The minimum absolute atomic E-state index is 0.245. The van der Waals surface area contributed by atoms with Crippen molar-refractivity contribution in [2.45, 2.75) is 46.6 Å². The molecule has 0 amide bonds. The van der Waals surface area contributed by atoms with Gasteiger partial charge in [0.1, 0.15) is 0 Å². The molecule has 22 heavy (non-hydrogen) atoms. The number of methoxy groups -OCH3 is 1. The second-order valence-corrected chi connectivity index (χ2v) is 6.36. The van der Waals surface area contributed by atoms with Gasteiger partial charge in [0, 0.05) is 25.0 Å². The Morgan fingerprint density at radius 3 is 2.45 bits per heavy atom. The Morgan fingerprint density at radius 1 is 1.23 bits per heavy atom. The molecule has 0 heterocycles. The van der Waals surface area contributed by atoms with Crippen molar-refractivity contribution in [2.24, 2.45) is 5.92 Å². The van der Waals surface area contributed by atoms with E-state index in [2.05, 4.69) is 69.0 Å². The molecule has 0 bridgehead atoms. The summed E-state index contributed by atoms with van der Waals surface area (Å²) in [7, 11) is 1.81. The molecule has 0 spiro atoms. The molecule has 0 aromatic heterocycles. The molecule has 2 unspecified atom stereocenters. The maximum atomic E-state index is 5.63. The zero-order valence-corrected chi connectivity index (χ0v) is 14.6. The molecular weight excluding hydrogens is 270 g/mol. The quantitative estimate of drug-likeness (QED) is 0.725. The molecule has 2 nitrogen and oxygen atoms in total. The number of hydrogen-bond donors (Lipinski definition) is 0. The van der Waals surface area contributed by atoms with Crippen molar-refractivity contribution in [3.05, 3.63) is 53.3 Å². The predicted octanol–water partition coefficient (Wildman–Crippen LogP) is 5.10. The number of benzene rings is 1. The summed E-state index contributed by atoms with van der Waals surface area (Å²) in [5.74, 6) is 0.632. The van der Waals surface area contributed by atoms with E-state index in [1.54, 1.807) is 0 Å². The van der Waals surface area contributed by atoms with E-state index in [0.29, 0.717) is 5.92 Å². The minimum Gasteiger partial charge on any atom is -0.380 e. The SMILES string of the molecule is CCC(CN(C1=CCC(C)C=C1C)c1ccc(C)cc1)OC. The lowest BCUT2D eigenvalue weighted by molar-refractivity contribution is 0.106. The Balaban J connectivity index is 2.33. The fourth-order valence-electron chi connectivity index (χ4n) is 3.00. The van der Waals surface area contributed by atoms with Gasteiger partial charge in [-0.15, -0.1) is 0 Å². The molecule has 1 aromatic rings. The third kappa shape index (κ3) is 4.01. The highest BCUT2D eigenvalue weighted by Crippen LogP contribution is 2.30. The molecule has 1 aliphatic rings. The number of allylic oxidation sites excluding steroid dienone is 3. The van der Waals surface area contributed by atoms with Crippen molar-refractivity contribution in [1.29, 1.82) is 0 Å². The van der Waals surface area contributed by atoms with Crippen LogP contribution in [0.3, 0.4) is 0 Å². The fourth-order valence-corrected chi connectivity index (χ4v) is 3.00. The van der Waals surface area contributed by atoms with E-state index in [9.17, 15) is 0 Å². The Morgan fingerprint density at radius 2 is 1.91 bits per heavy atom. The third-order valence-corrected chi connectivity index (χ3v) is 4.43. The van der Waals surface area contributed by atoms with Gasteiger partial charge in [0.05, 0.1) is 6.10 Å². The lowest BCUT2D eigenvalue weighted by Crippen LogP contribution is -2.33. The molecule has 0 saturated carbocycles. The van der Waals surface area contributed by atoms with Gasteiger partial charge in [-0.05, 0) is 50.3 Å². The van der Waals surface area contributed by atoms with Gasteiger partial charge in [-0.1, -0.05) is 43.7 Å².